The molecule has 0 bridgehead atoms. The van der Waals surface area contributed by atoms with Crippen molar-refractivity contribution in [1.82, 2.24) is 20.1 Å². The molecular weight excluding hydrogens is 416 g/mol. The Bertz CT molecular complexity index is 1170. The molecule has 2 heterocycles. The van der Waals surface area contributed by atoms with Crippen LogP contribution in [-0.4, -0.2) is 39.4 Å². The molecule has 0 atom stereocenters. The Labute approximate surface area is 182 Å². The highest BCUT2D eigenvalue weighted by Gasteiger charge is 2.19. The van der Waals surface area contributed by atoms with Crippen LogP contribution < -0.4 is 10.1 Å². The van der Waals surface area contributed by atoms with E-state index in [0.29, 0.717) is 28.1 Å². The van der Waals surface area contributed by atoms with Crippen LogP contribution in [0.5, 0.6) is 5.75 Å². The van der Waals surface area contributed by atoms with Gasteiger partial charge in [0.05, 0.1) is 19.1 Å². The van der Waals surface area contributed by atoms with Gasteiger partial charge in [-0.05, 0) is 48.5 Å². The predicted molar refractivity (Wildman–Crippen MR) is 115 cm³/mol. The van der Waals surface area contributed by atoms with Crippen LogP contribution in [0.2, 0.25) is 0 Å². The number of benzene rings is 2. The maximum atomic E-state index is 12.4. The first-order chi connectivity index (χ1) is 15.2. The second-order valence-electron chi connectivity index (χ2n) is 6.35. The van der Waals surface area contributed by atoms with Crippen molar-refractivity contribution in [3.8, 4) is 23.0 Å². The first-order valence-electron chi connectivity index (χ1n) is 9.31. The van der Waals surface area contributed by atoms with E-state index in [-0.39, 0.29) is 5.75 Å². The molecule has 0 fully saturated rings. The standard InChI is InChI=1S/C22H18N4O4S/c1-29-17-11-9-15(10-12-17)21(28)23-19(27)14-31-22-25-24-20(18-8-5-13-30-18)26(22)16-6-3-2-4-7-16/h2-13H,14H2,1H3,(H,23,27,28). The number of rotatable bonds is 7. The number of ether oxygens (including phenoxy) is 1. The van der Waals surface area contributed by atoms with E-state index in [1.165, 1.54) is 11.8 Å². The average molecular weight is 434 g/mol. The van der Waals surface area contributed by atoms with E-state index in [1.54, 1.807) is 49.8 Å². The molecule has 156 valence electrons. The van der Waals surface area contributed by atoms with Crippen LogP contribution >= 0.6 is 11.8 Å². The Morgan fingerprint density at radius 3 is 2.48 bits per heavy atom. The molecule has 2 amide bonds. The van der Waals surface area contributed by atoms with Gasteiger partial charge in [-0.25, -0.2) is 0 Å². The van der Waals surface area contributed by atoms with Crippen molar-refractivity contribution in [3.63, 3.8) is 0 Å². The fourth-order valence-electron chi connectivity index (χ4n) is 2.85. The third kappa shape index (κ3) is 4.67. The zero-order valence-electron chi connectivity index (χ0n) is 16.5. The quantitative estimate of drug-likeness (QED) is 0.444. The van der Waals surface area contributed by atoms with Gasteiger partial charge in [-0.3, -0.25) is 19.5 Å². The van der Waals surface area contributed by atoms with Gasteiger partial charge >= 0.3 is 0 Å². The molecule has 9 heteroatoms. The summed E-state index contributed by atoms with van der Waals surface area (Å²) in [6.45, 7) is 0. The lowest BCUT2D eigenvalue weighted by Crippen LogP contribution is -2.31. The van der Waals surface area contributed by atoms with Gasteiger partial charge in [0.1, 0.15) is 5.75 Å². The molecule has 0 saturated carbocycles. The van der Waals surface area contributed by atoms with E-state index in [4.69, 9.17) is 9.15 Å². The number of amides is 2. The number of nitrogens with one attached hydrogen (secondary N) is 1. The minimum atomic E-state index is -0.478. The lowest BCUT2D eigenvalue weighted by Gasteiger charge is -2.09. The maximum absolute atomic E-state index is 12.4. The van der Waals surface area contributed by atoms with Crippen molar-refractivity contribution in [2.24, 2.45) is 0 Å². The number of nitrogens with zero attached hydrogens (tertiary/aromatic N) is 3. The molecule has 0 aliphatic rings. The SMILES string of the molecule is COc1ccc(C(=O)NC(=O)CSc2nnc(-c3ccco3)n2-c2ccccc2)cc1. The molecular formula is C22H18N4O4S. The topological polar surface area (TPSA) is 99.2 Å². The number of aromatic nitrogens is 3. The first kappa shape index (κ1) is 20.4. The molecule has 1 N–H and O–H groups in total. The molecule has 0 saturated heterocycles. The zero-order valence-corrected chi connectivity index (χ0v) is 17.3. The molecule has 0 aliphatic heterocycles. The largest absolute Gasteiger partial charge is 0.497 e. The van der Waals surface area contributed by atoms with Gasteiger partial charge in [-0.2, -0.15) is 0 Å². The van der Waals surface area contributed by atoms with Gasteiger partial charge in [0.25, 0.3) is 5.91 Å². The molecule has 8 nitrogen and oxygen atoms in total. The number of methoxy groups -OCH3 is 1. The number of para-hydroxylation sites is 1. The maximum Gasteiger partial charge on any atom is 0.257 e. The Balaban J connectivity index is 1.48. The number of furan rings is 1. The summed E-state index contributed by atoms with van der Waals surface area (Å²) in [5, 5.41) is 11.3. The van der Waals surface area contributed by atoms with Gasteiger partial charge < -0.3 is 9.15 Å². The second kappa shape index (κ2) is 9.31. The van der Waals surface area contributed by atoms with E-state index in [9.17, 15) is 9.59 Å². The summed E-state index contributed by atoms with van der Waals surface area (Å²) >= 11 is 1.17. The summed E-state index contributed by atoms with van der Waals surface area (Å²) in [5.41, 5.74) is 1.20. The Hall–Kier alpha value is -3.85. The molecule has 2 aromatic heterocycles. The Kier molecular flexibility index (Phi) is 6.13. The highest BCUT2D eigenvalue weighted by atomic mass is 32.2. The molecule has 0 radical (unpaired) electrons. The third-order valence-corrected chi connectivity index (χ3v) is 5.26. The van der Waals surface area contributed by atoms with Crippen LogP contribution in [0, 0.1) is 0 Å². The monoisotopic (exact) mass is 434 g/mol. The minimum Gasteiger partial charge on any atom is -0.497 e. The van der Waals surface area contributed by atoms with E-state index in [2.05, 4.69) is 15.5 Å². The first-order valence-corrected chi connectivity index (χ1v) is 10.3. The fourth-order valence-corrected chi connectivity index (χ4v) is 3.60. The van der Waals surface area contributed by atoms with E-state index in [1.807, 2.05) is 34.9 Å². The summed E-state index contributed by atoms with van der Waals surface area (Å²) in [6, 6.07) is 19.6. The molecule has 0 unspecified atom stereocenters. The lowest BCUT2D eigenvalue weighted by molar-refractivity contribution is -0.117. The molecule has 4 rings (SSSR count). The zero-order chi connectivity index (χ0) is 21.6. The third-order valence-electron chi connectivity index (χ3n) is 4.33. The fraction of sp³-hybridized carbons (Fsp3) is 0.0909. The smallest absolute Gasteiger partial charge is 0.257 e. The summed E-state index contributed by atoms with van der Waals surface area (Å²) in [4.78, 5) is 24.6. The summed E-state index contributed by atoms with van der Waals surface area (Å²) in [5.74, 6) is 0.786. The van der Waals surface area contributed by atoms with Crippen molar-refractivity contribution in [3.05, 3.63) is 78.6 Å². The number of thioether (sulfide) groups is 1. The van der Waals surface area contributed by atoms with Crippen molar-refractivity contribution in [2.45, 2.75) is 5.16 Å². The van der Waals surface area contributed by atoms with Gasteiger partial charge in [0, 0.05) is 11.3 Å². The molecule has 0 aliphatic carbocycles. The summed E-state index contributed by atoms with van der Waals surface area (Å²) in [7, 11) is 1.54. The number of hydrogen-bond acceptors (Lipinski definition) is 7. The van der Waals surface area contributed by atoms with Crippen LogP contribution in [0.4, 0.5) is 0 Å². The number of imide groups is 1. The Morgan fingerprint density at radius 2 is 1.81 bits per heavy atom. The molecule has 2 aromatic carbocycles. The van der Waals surface area contributed by atoms with Crippen LogP contribution in [0.1, 0.15) is 10.4 Å². The van der Waals surface area contributed by atoms with Crippen LogP contribution in [0.3, 0.4) is 0 Å². The van der Waals surface area contributed by atoms with Gasteiger partial charge in [0.15, 0.2) is 10.9 Å². The van der Waals surface area contributed by atoms with Gasteiger partial charge in [-0.15, -0.1) is 10.2 Å². The van der Waals surface area contributed by atoms with E-state index >= 15 is 0 Å². The Morgan fingerprint density at radius 1 is 1.03 bits per heavy atom. The highest BCUT2D eigenvalue weighted by molar-refractivity contribution is 7.99. The summed E-state index contributed by atoms with van der Waals surface area (Å²) in [6.07, 6.45) is 1.56. The number of carbonyl (C=O) groups excluding carboxylic acids is 2. The van der Waals surface area contributed by atoms with Crippen LogP contribution in [0.15, 0.2) is 82.6 Å². The predicted octanol–water partition coefficient (Wildman–Crippen LogP) is 3.58. The van der Waals surface area contributed by atoms with Gasteiger partial charge in [-0.1, -0.05) is 30.0 Å². The van der Waals surface area contributed by atoms with Crippen LogP contribution in [-0.2, 0) is 4.79 Å². The van der Waals surface area contributed by atoms with Crippen molar-refractivity contribution < 1.29 is 18.7 Å². The molecule has 4 aromatic rings. The average Bonchev–Trinajstić information content (AvgIpc) is 3.48. The summed E-state index contributed by atoms with van der Waals surface area (Å²) < 4.78 is 12.4. The van der Waals surface area contributed by atoms with Crippen molar-refractivity contribution in [1.29, 1.82) is 0 Å². The van der Waals surface area contributed by atoms with Crippen molar-refractivity contribution in [2.75, 3.05) is 12.9 Å². The lowest BCUT2D eigenvalue weighted by atomic mass is 10.2. The minimum absolute atomic E-state index is 0.00891. The van der Waals surface area contributed by atoms with E-state index in [0.717, 1.165) is 5.69 Å². The van der Waals surface area contributed by atoms with Gasteiger partial charge in [0.2, 0.25) is 11.7 Å². The number of hydrogen-bond donors (Lipinski definition) is 1. The van der Waals surface area contributed by atoms with E-state index < -0.39 is 11.8 Å². The number of carbonyl (C=O) groups is 2. The second-order valence-corrected chi connectivity index (χ2v) is 7.29. The molecule has 0 spiro atoms. The highest BCUT2D eigenvalue weighted by Crippen LogP contribution is 2.28. The normalized spacial score (nSPS) is 10.6. The molecule has 31 heavy (non-hydrogen) atoms. The van der Waals surface area contributed by atoms with Crippen molar-refractivity contribution >= 4 is 23.6 Å². The van der Waals surface area contributed by atoms with Crippen LogP contribution in [0.25, 0.3) is 17.3 Å².